The third kappa shape index (κ3) is 4.37. The second kappa shape index (κ2) is 8.41. The SMILES string of the molecule is CSC1=NC2(CCN(C(=O)NCc3ccccc3)CC2)N=C1c1ccc(C)cc1. The monoisotopic (exact) mass is 406 g/mol. The summed E-state index contributed by atoms with van der Waals surface area (Å²) in [4.78, 5) is 24.5. The van der Waals surface area contributed by atoms with Crippen LogP contribution in [0.15, 0.2) is 64.6 Å². The van der Waals surface area contributed by atoms with Gasteiger partial charge in [0.25, 0.3) is 0 Å². The summed E-state index contributed by atoms with van der Waals surface area (Å²) in [5.41, 5.74) is 4.02. The predicted octanol–water partition coefficient (Wildman–Crippen LogP) is 4.26. The van der Waals surface area contributed by atoms with Crippen molar-refractivity contribution in [3.63, 3.8) is 0 Å². The molecule has 0 aliphatic carbocycles. The first-order valence-corrected chi connectivity index (χ1v) is 11.2. The third-order valence-electron chi connectivity index (χ3n) is 5.49. The number of hydrogen-bond donors (Lipinski definition) is 1. The Morgan fingerprint density at radius 2 is 1.76 bits per heavy atom. The first-order chi connectivity index (χ1) is 14.1. The van der Waals surface area contributed by atoms with Gasteiger partial charge in [0.15, 0.2) is 5.66 Å². The van der Waals surface area contributed by atoms with E-state index in [2.05, 4.69) is 36.5 Å². The summed E-state index contributed by atoms with van der Waals surface area (Å²) in [5.74, 6) is 0. The fraction of sp³-hybridized carbons (Fsp3) is 0.348. The molecule has 1 N–H and O–H groups in total. The van der Waals surface area contributed by atoms with E-state index in [0.717, 1.165) is 34.7 Å². The summed E-state index contributed by atoms with van der Waals surface area (Å²) in [6.45, 7) is 3.96. The van der Waals surface area contributed by atoms with Crippen molar-refractivity contribution in [3.05, 3.63) is 71.3 Å². The van der Waals surface area contributed by atoms with Gasteiger partial charge in [-0.05, 0) is 18.7 Å². The summed E-state index contributed by atoms with van der Waals surface area (Å²) in [6.07, 6.45) is 3.56. The largest absolute Gasteiger partial charge is 0.334 e. The first-order valence-electron chi connectivity index (χ1n) is 9.96. The van der Waals surface area contributed by atoms with Crippen molar-refractivity contribution in [3.8, 4) is 0 Å². The van der Waals surface area contributed by atoms with Crippen LogP contribution in [0, 0.1) is 6.92 Å². The molecule has 0 radical (unpaired) electrons. The van der Waals surface area contributed by atoms with E-state index in [1.165, 1.54) is 5.56 Å². The average Bonchev–Trinajstić information content (AvgIpc) is 3.12. The van der Waals surface area contributed by atoms with Crippen LogP contribution in [-0.4, -0.2) is 46.7 Å². The van der Waals surface area contributed by atoms with Crippen LogP contribution in [0.1, 0.15) is 29.5 Å². The van der Waals surface area contributed by atoms with E-state index >= 15 is 0 Å². The van der Waals surface area contributed by atoms with E-state index in [-0.39, 0.29) is 6.03 Å². The number of nitrogens with zero attached hydrogens (tertiary/aromatic N) is 3. The van der Waals surface area contributed by atoms with Crippen molar-refractivity contribution in [2.45, 2.75) is 32.0 Å². The zero-order chi connectivity index (χ0) is 20.3. The van der Waals surface area contributed by atoms with Crippen LogP contribution < -0.4 is 5.32 Å². The number of piperidine rings is 1. The lowest BCUT2D eigenvalue weighted by Gasteiger charge is -2.35. The molecule has 1 spiro atoms. The van der Waals surface area contributed by atoms with Gasteiger partial charge in [-0.3, -0.25) is 4.99 Å². The fourth-order valence-electron chi connectivity index (χ4n) is 3.74. The minimum atomic E-state index is -0.422. The molecule has 2 amide bonds. The molecule has 0 aromatic heterocycles. The van der Waals surface area contributed by atoms with Gasteiger partial charge in [-0.1, -0.05) is 60.2 Å². The number of amides is 2. The van der Waals surface area contributed by atoms with Gasteiger partial charge in [0.2, 0.25) is 0 Å². The number of hydrogen-bond acceptors (Lipinski definition) is 4. The van der Waals surface area contributed by atoms with Gasteiger partial charge >= 0.3 is 6.03 Å². The lowest BCUT2D eigenvalue weighted by atomic mass is 9.98. The van der Waals surface area contributed by atoms with Gasteiger partial charge in [0.05, 0.1) is 5.71 Å². The Bertz CT molecular complexity index is 929. The molecule has 150 valence electrons. The smallest absolute Gasteiger partial charge is 0.317 e. The van der Waals surface area contributed by atoms with Crippen LogP contribution in [-0.2, 0) is 6.54 Å². The van der Waals surface area contributed by atoms with E-state index in [1.807, 2.05) is 41.5 Å². The molecule has 0 bridgehead atoms. The third-order valence-corrected chi connectivity index (χ3v) is 6.16. The second-order valence-electron chi connectivity index (χ2n) is 7.56. The molecule has 29 heavy (non-hydrogen) atoms. The molecular weight excluding hydrogens is 380 g/mol. The van der Waals surface area contributed by atoms with Crippen LogP contribution in [0.5, 0.6) is 0 Å². The van der Waals surface area contributed by atoms with E-state index < -0.39 is 5.66 Å². The number of benzene rings is 2. The van der Waals surface area contributed by atoms with Crippen LogP contribution in [0.4, 0.5) is 4.79 Å². The molecule has 0 unspecified atom stereocenters. The van der Waals surface area contributed by atoms with E-state index in [1.54, 1.807) is 11.8 Å². The number of urea groups is 1. The zero-order valence-electron chi connectivity index (χ0n) is 16.9. The molecule has 2 aliphatic heterocycles. The van der Waals surface area contributed by atoms with Gasteiger partial charge in [-0.15, -0.1) is 11.8 Å². The summed E-state index contributed by atoms with van der Waals surface area (Å²) in [6, 6.07) is 18.4. The Kier molecular flexibility index (Phi) is 5.72. The number of carbonyl (C=O) groups is 1. The normalized spacial score (nSPS) is 17.8. The molecule has 2 heterocycles. The quantitative estimate of drug-likeness (QED) is 0.828. The van der Waals surface area contributed by atoms with Crippen molar-refractivity contribution in [1.82, 2.24) is 10.2 Å². The molecule has 2 aromatic carbocycles. The van der Waals surface area contributed by atoms with E-state index in [0.29, 0.717) is 19.6 Å². The molecule has 1 fully saturated rings. The van der Waals surface area contributed by atoms with E-state index in [4.69, 9.17) is 9.98 Å². The maximum absolute atomic E-state index is 12.6. The van der Waals surface area contributed by atoms with Gasteiger partial charge in [0, 0.05) is 38.0 Å². The number of aryl methyl sites for hydroxylation is 1. The lowest BCUT2D eigenvalue weighted by molar-refractivity contribution is 0.163. The molecule has 0 atom stereocenters. The fourth-order valence-corrected chi connectivity index (χ4v) is 4.36. The Morgan fingerprint density at radius 3 is 2.41 bits per heavy atom. The Balaban J connectivity index is 1.41. The topological polar surface area (TPSA) is 57.1 Å². The Labute approximate surface area is 176 Å². The number of carbonyl (C=O) groups excluding carboxylic acids is 1. The van der Waals surface area contributed by atoms with Crippen molar-refractivity contribution in [1.29, 1.82) is 0 Å². The molecule has 5 nitrogen and oxygen atoms in total. The minimum Gasteiger partial charge on any atom is -0.334 e. The van der Waals surface area contributed by atoms with Crippen LogP contribution >= 0.6 is 11.8 Å². The molecule has 4 rings (SSSR count). The van der Waals surface area contributed by atoms with Crippen molar-refractivity contribution < 1.29 is 4.79 Å². The zero-order valence-corrected chi connectivity index (χ0v) is 17.7. The van der Waals surface area contributed by atoms with Gasteiger partial charge in [0.1, 0.15) is 5.04 Å². The highest BCUT2D eigenvalue weighted by atomic mass is 32.2. The molecule has 2 aromatic rings. The summed E-state index contributed by atoms with van der Waals surface area (Å²) in [7, 11) is 0. The number of nitrogens with one attached hydrogen (secondary N) is 1. The minimum absolute atomic E-state index is 0.0153. The molecule has 0 saturated carbocycles. The van der Waals surface area contributed by atoms with Crippen LogP contribution in [0.25, 0.3) is 0 Å². The summed E-state index contributed by atoms with van der Waals surface area (Å²) in [5, 5.41) is 4.01. The highest BCUT2D eigenvalue weighted by molar-refractivity contribution is 8.15. The van der Waals surface area contributed by atoms with Crippen LogP contribution in [0.2, 0.25) is 0 Å². The highest BCUT2D eigenvalue weighted by Gasteiger charge is 2.40. The van der Waals surface area contributed by atoms with Gasteiger partial charge in [-0.2, -0.15) is 0 Å². The first kappa shape index (κ1) is 19.7. The van der Waals surface area contributed by atoms with Crippen LogP contribution in [0.3, 0.4) is 0 Å². The van der Waals surface area contributed by atoms with E-state index in [9.17, 15) is 4.79 Å². The van der Waals surface area contributed by atoms with Crippen molar-refractivity contribution in [2.75, 3.05) is 19.3 Å². The second-order valence-corrected chi connectivity index (χ2v) is 8.36. The van der Waals surface area contributed by atoms with Gasteiger partial charge in [-0.25, -0.2) is 9.79 Å². The molecule has 2 aliphatic rings. The number of thioether (sulfide) groups is 1. The summed E-state index contributed by atoms with van der Waals surface area (Å²) < 4.78 is 0. The van der Waals surface area contributed by atoms with Crippen molar-refractivity contribution in [2.24, 2.45) is 9.98 Å². The highest BCUT2D eigenvalue weighted by Crippen LogP contribution is 2.35. The number of likely N-dealkylation sites (tertiary alicyclic amines) is 1. The maximum Gasteiger partial charge on any atom is 0.317 e. The lowest BCUT2D eigenvalue weighted by Crippen LogP contribution is -2.48. The summed E-state index contributed by atoms with van der Waals surface area (Å²) >= 11 is 1.65. The Morgan fingerprint density at radius 1 is 1.07 bits per heavy atom. The number of aliphatic imine (C=N–C) groups is 2. The number of rotatable bonds is 3. The average molecular weight is 407 g/mol. The molecule has 1 saturated heterocycles. The maximum atomic E-state index is 12.6. The Hall–Kier alpha value is -2.60. The van der Waals surface area contributed by atoms with Crippen molar-refractivity contribution >= 4 is 28.5 Å². The van der Waals surface area contributed by atoms with Gasteiger partial charge < -0.3 is 10.2 Å². The standard InChI is InChI=1S/C23H26N4OS/c1-17-8-10-19(11-9-17)20-21(29-2)26-23(25-20)12-14-27(15-13-23)22(28)24-16-18-6-4-3-5-7-18/h3-11H,12-16H2,1-2H3,(H,24,28). The molecule has 6 heteroatoms. The molecular formula is C23H26N4OS. The predicted molar refractivity (Wildman–Crippen MR) is 121 cm³/mol.